The van der Waals surface area contributed by atoms with E-state index in [0.717, 1.165) is 55.2 Å². The molecule has 0 unspecified atom stereocenters. The van der Waals surface area contributed by atoms with E-state index in [0.29, 0.717) is 0 Å². The van der Waals surface area contributed by atoms with E-state index < -0.39 is 0 Å². The maximum atomic E-state index is 4.62. The van der Waals surface area contributed by atoms with Crippen LogP contribution in [0.25, 0.3) is 33.4 Å². The van der Waals surface area contributed by atoms with Gasteiger partial charge in [-0.1, -0.05) is 47.8 Å². The van der Waals surface area contributed by atoms with Crippen molar-refractivity contribution in [3.63, 3.8) is 0 Å². The lowest BCUT2D eigenvalue weighted by molar-refractivity contribution is 0.824. The molecule has 11 heteroatoms. The van der Waals surface area contributed by atoms with Crippen LogP contribution in [-0.2, 0) is 11.5 Å². The van der Waals surface area contributed by atoms with Crippen molar-refractivity contribution >= 4 is 56.9 Å². The van der Waals surface area contributed by atoms with Crippen molar-refractivity contribution in [3.8, 4) is 0 Å². The standard InChI is InChI=1S/2C16H14N4S.H2O/c2*1-11-4-5-13-14(9-11)19-16(18-13)21-10-12-3-2-7-20-8-6-17-15(12)20;/h2*2-9H,10H2,1H3,(H,18,19);1H2. The molecule has 0 fully saturated rings. The normalized spacial score (nSPS) is 11.2. The fourth-order valence-electron chi connectivity index (χ4n) is 4.87. The number of hydrogen-bond acceptors (Lipinski definition) is 6. The second kappa shape index (κ2) is 12.3. The van der Waals surface area contributed by atoms with Crippen molar-refractivity contribution in [1.29, 1.82) is 0 Å². The van der Waals surface area contributed by atoms with Gasteiger partial charge in [0.1, 0.15) is 11.3 Å². The van der Waals surface area contributed by atoms with Crippen LogP contribution in [0.5, 0.6) is 0 Å². The lowest BCUT2D eigenvalue weighted by Gasteiger charge is -2.01. The molecule has 0 radical (unpaired) electrons. The molecular weight excluding hydrogens is 577 g/mol. The summed E-state index contributed by atoms with van der Waals surface area (Å²) in [4.78, 5) is 24.8. The predicted molar refractivity (Wildman–Crippen MR) is 175 cm³/mol. The molecule has 0 bridgehead atoms. The maximum Gasteiger partial charge on any atom is 0.166 e. The lowest BCUT2D eigenvalue weighted by Crippen LogP contribution is -1.89. The number of pyridine rings is 2. The number of nitrogens with one attached hydrogen (secondary N) is 2. The molecule has 9 nitrogen and oxygen atoms in total. The van der Waals surface area contributed by atoms with E-state index in [1.807, 2.05) is 58.1 Å². The van der Waals surface area contributed by atoms with Gasteiger partial charge in [0.25, 0.3) is 0 Å². The zero-order valence-corrected chi connectivity index (χ0v) is 25.3. The molecular formula is C32H30N8OS2. The Kier molecular flexibility index (Phi) is 8.19. The molecule has 4 N–H and O–H groups in total. The highest BCUT2D eigenvalue weighted by Crippen LogP contribution is 2.26. The molecule has 0 saturated carbocycles. The van der Waals surface area contributed by atoms with Gasteiger partial charge >= 0.3 is 0 Å². The zero-order chi connectivity index (χ0) is 28.5. The second-order valence-corrected chi connectivity index (χ2v) is 12.0. The quantitative estimate of drug-likeness (QED) is 0.201. The molecule has 0 aliphatic rings. The Labute approximate surface area is 256 Å². The summed E-state index contributed by atoms with van der Waals surface area (Å²) in [5.41, 5.74) is 11.1. The summed E-state index contributed by atoms with van der Waals surface area (Å²) in [6, 6.07) is 20.9. The van der Waals surface area contributed by atoms with E-state index in [-0.39, 0.29) is 5.48 Å². The van der Waals surface area contributed by atoms with Gasteiger partial charge in [-0.3, -0.25) is 0 Å². The minimum Gasteiger partial charge on any atom is -0.412 e. The number of hydrogen-bond donors (Lipinski definition) is 2. The van der Waals surface area contributed by atoms with E-state index in [4.69, 9.17) is 0 Å². The second-order valence-electron chi connectivity index (χ2n) is 10.1. The Morgan fingerprint density at radius 1 is 0.628 bits per heavy atom. The van der Waals surface area contributed by atoms with Crippen molar-refractivity contribution in [1.82, 2.24) is 38.7 Å². The Morgan fingerprint density at radius 2 is 1.09 bits per heavy atom. The van der Waals surface area contributed by atoms with Gasteiger partial charge < -0.3 is 24.2 Å². The Bertz CT molecular complexity index is 2010. The van der Waals surface area contributed by atoms with E-state index in [2.05, 4.69) is 92.3 Å². The number of nitrogens with zero attached hydrogens (tertiary/aromatic N) is 6. The zero-order valence-electron chi connectivity index (χ0n) is 23.7. The summed E-state index contributed by atoms with van der Waals surface area (Å²) in [6.45, 7) is 4.18. The van der Waals surface area contributed by atoms with Crippen LogP contribution < -0.4 is 0 Å². The molecule has 0 amide bonds. The number of thioether (sulfide) groups is 2. The SMILES string of the molecule is Cc1ccc2nc(SCc3cccn4ccnc34)[nH]c2c1.Cc1ccc2nc(SCc3cccn4ccnc34)[nH]c2c1.O. The summed E-state index contributed by atoms with van der Waals surface area (Å²) in [7, 11) is 0. The number of rotatable bonds is 6. The molecule has 8 rings (SSSR count). The summed E-state index contributed by atoms with van der Waals surface area (Å²) < 4.78 is 4.08. The molecule has 6 aromatic heterocycles. The predicted octanol–water partition coefficient (Wildman–Crippen LogP) is 6.80. The number of aromatic amines is 2. The van der Waals surface area contributed by atoms with Gasteiger partial charge in [-0.25, -0.2) is 19.9 Å². The number of aromatic nitrogens is 8. The molecule has 8 aromatic rings. The van der Waals surface area contributed by atoms with Crippen molar-refractivity contribution in [2.45, 2.75) is 35.7 Å². The van der Waals surface area contributed by atoms with Crippen molar-refractivity contribution in [2.75, 3.05) is 0 Å². The average Bonchev–Trinajstić information content (AvgIpc) is 3.80. The summed E-state index contributed by atoms with van der Waals surface area (Å²) in [5, 5.41) is 1.90. The molecule has 216 valence electrons. The molecule has 0 spiro atoms. The van der Waals surface area contributed by atoms with E-state index >= 15 is 0 Å². The van der Waals surface area contributed by atoms with Crippen LogP contribution in [0.3, 0.4) is 0 Å². The topological polar surface area (TPSA) is 123 Å². The highest BCUT2D eigenvalue weighted by molar-refractivity contribution is 7.98. The third kappa shape index (κ3) is 6.14. The summed E-state index contributed by atoms with van der Waals surface area (Å²) in [5.74, 6) is 1.69. The van der Waals surface area contributed by atoms with Crippen LogP contribution in [0, 0.1) is 13.8 Å². The minimum absolute atomic E-state index is 0. The average molecular weight is 607 g/mol. The largest absolute Gasteiger partial charge is 0.412 e. The molecule has 2 aromatic carbocycles. The first-order valence-electron chi connectivity index (χ1n) is 13.6. The number of benzene rings is 2. The van der Waals surface area contributed by atoms with Crippen molar-refractivity contribution < 1.29 is 5.48 Å². The third-order valence-corrected chi connectivity index (χ3v) is 8.80. The van der Waals surface area contributed by atoms with Crippen molar-refractivity contribution in [2.24, 2.45) is 0 Å². The van der Waals surface area contributed by atoms with Crippen LogP contribution in [0.4, 0.5) is 0 Å². The van der Waals surface area contributed by atoms with E-state index in [9.17, 15) is 0 Å². The molecule has 6 heterocycles. The molecule has 0 saturated heterocycles. The van der Waals surface area contributed by atoms with Gasteiger partial charge in [-0.05, 0) is 61.4 Å². The summed E-state index contributed by atoms with van der Waals surface area (Å²) in [6.07, 6.45) is 11.6. The monoisotopic (exact) mass is 606 g/mol. The first-order chi connectivity index (χ1) is 20.6. The van der Waals surface area contributed by atoms with E-state index in [1.165, 1.54) is 22.3 Å². The van der Waals surface area contributed by atoms with E-state index in [1.54, 1.807) is 23.5 Å². The fourth-order valence-corrected chi connectivity index (χ4v) is 6.60. The maximum absolute atomic E-state index is 4.62. The lowest BCUT2D eigenvalue weighted by atomic mass is 10.2. The molecule has 0 aliphatic carbocycles. The molecule has 0 atom stereocenters. The van der Waals surface area contributed by atoms with Gasteiger partial charge in [-0.2, -0.15) is 0 Å². The van der Waals surface area contributed by atoms with Crippen molar-refractivity contribution in [3.05, 3.63) is 120 Å². The number of fused-ring (bicyclic) bond motifs is 4. The highest BCUT2D eigenvalue weighted by atomic mass is 32.2. The Hall–Kier alpha value is -4.58. The number of aryl methyl sites for hydroxylation is 2. The van der Waals surface area contributed by atoms with Crippen LogP contribution in [0.15, 0.2) is 108 Å². The minimum atomic E-state index is 0. The Morgan fingerprint density at radius 3 is 1.56 bits per heavy atom. The van der Waals surface area contributed by atoms with Crippen LogP contribution >= 0.6 is 23.5 Å². The van der Waals surface area contributed by atoms with Crippen LogP contribution in [-0.4, -0.2) is 44.2 Å². The van der Waals surface area contributed by atoms with Gasteiger partial charge in [-0.15, -0.1) is 0 Å². The smallest absolute Gasteiger partial charge is 0.166 e. The third-order valence-electron chi connectivity index (χ3n) is 6.96. The van der Waals surface area contributed by atoms with Gasteiger partial charge in [0.2, 0.25) is 0 Å². The number of H-pyrrole nitrogens is 2. The van der Waals surface area contributed by atoms with Gasteiger partial charge in [0, 0.05) is 59.8 Å². The number of imidazole rings is 4. The fraction of sp³-hybridized carbons (Fsp3) is 0.125. The van der Waals surface area contributed by atoms with Crippen LogP contribution in [0.1, 0.15) is 22.3 Å². The van der Waals surface area contributed by atoms with Gasteiger partial charge in [0.05, 0.1) is 22.1 Å². The first-order valence-corrected chi connectivity index (χ1v) is 15.6. The first kappa shape index (κ1) is 28.5. The molecule has 0 aliphatic heterocycles. The Balaban J connectivity index is 0.000000150. The molecule has 43 heavy (non-hydrogen) atoms. The highest BCUT2D eigenvalue weighted by Gasteiger charge is 2.08. The van der Waals surface area contributed by atoms with Crippen LogP contribution in [0.2, 0.25) is 0 Å². The van der Waals surface area contributed by atoms with Gasteiger partial charge in [0.15, 0.2) is 10.3 Å². The summed E-state index contributed by atoms with van der Waals surface area (Å²) >= 11 is 3.41.